The number of carbonyl (C=O) groups is 1. The summed E-state index contributed by atoms with van der Waals surface area (Å²) >= 11 is 0. The smallest absolute Gasteiger partial charge is 0.192 e. The van der Waals surface area contributed by atoms with Gasteiger partial charge in [-0.25, -0.2) is 0 Å². The fraction of sp³-hybridized carbons (Fsp3) is 0.938. The second-order valence-electron chi connectivity index (χ2n) is 8.75. The Morgan fingerprint density at radius 1 is 1.05 bits per heavy atom. The quantitative estimate of drug-likeness (QED) is 0.681. The van der Waals surface area contributed by atoms with Gasteiger partial charge in [-0.15, -0.1) is 0 Å². The highest BCUT2D eigenvalue weighted by Crippen LogP contribution is 2.42. The summed E-state index contributed by atoms with van der Waals surface area (Å²) in [4.78, 5) is 12.0. The van der Waals surface area contributed by atoms with Gasteiger partial charge >= 0.3 is 0 Å². The summed E-state index contributed by atoms with van der Waals surface area (Å²) < 4.78 is 6.46. The van der Waals surface area contributed by atoms with Gasteiger partial charge in [-0.3, -0.25) is 4.79 Å². The van der Waals surface area contributed by atoms with Gasteiger partial charge in [0.2, 0.25) is 0 Å². The van der Waals surface area contributed by atoms with Gasteiger partial charge in [0, 0.05) is 12.8 Å². The third-order valence-electron chi connectivity index (χ3n) is 4.97. The maximum atomic E-state index is 12.0. The Labute approximate surface area is 120 Å². The topological polar surface area (TPSA) is 26.3 Å². The van der Waals surface area contributed by atoms with Crippen molar-refractivity contribution in [1.82, 2.24) is 0 Å². The lowest BCUT2D eigenvalue weighted by molar-refractivity contribution is -0.126. The minimum Gasteiger partial charge on any atom is -0.413 e. The van der Waals surface area contributed by atoms with Crippen molar-refractivity contribution in [2.75, 3.05) is 0 Å². The number of hydrogen-bond donors (Lipinski definition) is 0. The Bertz CT molecular complexity index is 334. The van der Waals surface area contributed by atoms with Crippen molar-refractivity contribution in [2.45, 2.75) is 85.0 Å². The molecule has 0 radical (unpaired) electrons. The van der Waals surface area contributed by atoms with Crippen LogP contribution < -0.4 is 0 Å². The maximum absolute atomic E-state index is 12.0. The molecule has 112 valence electrons. The fourth-order valence-electron chi connectivity index (χ4n) is 2.44. The van der Waals surface area contributed by atoms with Crippen LogP contribution in [-0.2, 0) is 9.22 Å². The van der Waals surface area contributed by atoms with Crippen molar-refractivity contribution >= 4 is 14.1 Å². The number of rotatable bonds is 2. The molecule has 0 unspecified atom stereocenters. The van der Waals surface area contributed by atoms with Crippen LogP contribution >= 0.6 is 0 Å². The molecule has 0 spiro atoms. The molecule has 0 aliphatic heterocycles. The Morgan fingerprint density at radius 2 is 1.58 bits per heavy atom. The second kappa shape index (κ2) is 5.32. The van der Waals surface area contributed by atoms with Crippen LogP contribution in [0.25, 0.3) is 0 Å². The van der Waals surface area contributed by atoms with E-state index in [-0.39, 0.29) is 16.6 Å². The first-order valence-corrected chi connectivity index (χ1v) is 10.4. The summed E-state index contributed by atoms with van der Waals surface area (Å²) in [5.41, 5.74) is 0.200. The van der Waals surface area contributed by atoms with Crippen molar-refractivity contribution in [2.24, 2.45) is 11.3 Å². The molecule has 0 saturated heterocycles. The van der Waals surface area contributed by atoms with Crippen molar-refractivity contribution in [3.63, 3.8) is 0 Å². The van der Waals surface area contributed by atoms with E-state index < -0.39 is 8.32 Å². The van der Waals surface area contributed by atoms with Crippen LogP contribution in [0.15, 0.2) is 0 Å². The molecule has 1 fully saturated rings. The fourth-order valence-corrected chi connectivity index (χ4v) is 3.81. The Morgan fingerprint density at radius 3 is 2.00 bits per heavy atom. The molecule has 0 aromatic rings. The molecule has 1 saturated carbocycles. The van der Waals surface area contributed by atoms with Crippen LogP contribution in [-0.4, -0.2) is 20.2 Å². The van der Waals surface area contributed by atoms with E-state index in [9.17, 15) is 4.79 Å². The SMILES string of the molecule is CC(C)(C)[C@H]1CC(=O)C[C@@H](O[Si](C)(C)C(C)(C)C)C1. The number of ketones is 1. The first kappa shape index (κ1) is 16.9. The number of Topliss-reactive ketones (excluding diaryl/α,β-unsaturated/α-hetero) is 1. The molecule has 2 nitrogen and oxygen atoms in total. The number of hydrogen-bond acceptors (Lipinski definition) is 2. The first-order chi connectivity index (χ1) is 8.33. The third-order valence-corrected chi connectivity index (χ3v) is 9.50. The highest BCUT2D eigenvalue weighted by molar-refractivity contribution is 6.74. The standard InChI is InChI=1S/C16H32O2Si/c1-15(2,3)12-9-13(17)11-14(10-12)18-19(7,8)16(4,5)6/h12,14H,9-11H2,1-8H3/t12-,14-/m0/s1. The molecule has 1 aliphatic rings. The Hall–Kier alpha value is -0.153. The van der Waals surface area contributed by atoms with Crippen LogP contribution in [0, 0.1) is 11.3 Å². The summed E-state index contributed by atoms with van der Waals surface area (Å²) in [7, 11) is -1.76. The molecule has 0 aromatic carbocycles. The van der Waals surface area contributed by atoms with E-state index in [0.29, 0.717) is 18.1 Å². The molecular formula is C16H32O2Si. The summed E-state index contributed by atoms with van der Waals surface area (Å²) in [6.07, 6.45) is 2.55. The maximum Gasteiger partial charge on any atom is 0.192 e. The summed E-state index contributed by atoms with van der Waals surface area (Å²) in [5, 5.41) is 0.213. The summed E-state index contributed by atoms with van der Waals surface area (Å²) in [5.74, 6) is 0.846. The zero-order chi connectivity index (χ0) is 15.1. The van der Waals surface area contributed by atoms with E-state index >= 15 is 0 Å². The molecule has 0 heterocycles. The molecule has 1 aliphatic carbocycles. The average Bonchev–Trinajstić information content (AvgIpc) is 2.12. The normalized spacial score (nSPS) is 26.6. The van der Waals surface area contributed by atoms with Gasteiger partial charge in [-0.1, -0.05) is 41.5 Å². The van der Waals surface area contributed by atoms with Crippen LogP contribution in [0.5, 0.6) is 0 Å². The number of carbonyl (C=O) groups excluding carboxylic acids is 1. The molecule has 3 heteroatoms. The lowest BCUT2D eigenvalue weighted by atomic mass is 9.71. The van der Waals surface area contributed by atoms with Crippen LogP contribution in [0.4, 0.5) is 0 Å². The van der Waals surface area contributed by atoms with Crippen LogP contribution in [0.1, 0.15) is 60.8 Å². The molecule has 2 atom stereocenters. The minimum atomic E-state index is -1.76. The molecule has 19 heavy (non-hydrogen) atoms. The van der Waals surface area contributed by atoms with Gasteiger partial charge in [0.05, 0.1) is 6.10 Å². The first-order valence-electron chi connectivity index (χ1n) is 7.52. The van der Waals surface area contributed by atoms with Crippen LogP contribution in [0.3, 0.4) is 0 Å². The van der Waals surface area contributed by atoms with Gasteiger partial charge in [0.25, 0.3) is 0 Å². The van der Waals surface area contributed by atoms with E-state index in [4.69, 9.17) is 4.43 Å². The molecular weight excluding hydrogens is 252 g/mol. The summed E-state index contributed by atoms with van der Waals surface area (Å²) in [6, 6.07) is 0. The van der Waals surface area contributed by atoms with E-state index in [1.807, 2.05) is 0 Å². The molecule has 0 aromatic heterocycles. The molecule has 0 N–H and O–H groups in total. The van der Waals surface area contributed by atoms with Gasteiger partial charge in [0.15, 0.2) is 8.32 Å². The van der Waals surface area contributed by atoms with Crippen molar-refractivity contribution < 1.29 is 9.22 Å². The predicted octanol–water partition coefficient (Wildman–Crippen LogP) is 4.79. The van der Waals surface area contributed by atoms with Gasteiger partial charge in [-0.2, -0.15) is 0 Å². The monoisotopic (exact) mass is 284 g/mol. The van der Waals surface area contributed by atoms with Crippen LogP contribution in [0.2, 0.25) is 18.1 Å². The zero-order valence-electron chi connectivity index (χ0n) is 14.1. The zero-order valence-corrected chi connectivity index (χ0v) is 15.1. The third kappa shape index (κ3) is 4.42. The van der Waals surface area contributed by atoms with Crippen molar-refractivity contribution in [1.29, 1.82) is 0 Å². The highest BCUT2D eigenvalue weighted by atomic mass is 28.4. The lowest BCUT2D eigenvalue weighted by Crippen LogP contribution is -2.46. The largest absolute Gasteiger partial charge is 0.413 e. The van der Waals surface area contributed by atoms with Crippen molar-refractivity contribution in [3.05, 3.63) is 0 Å². The predicted molar refractivity (Wildman–Crippen MR) is 83.9 cm³/mol. The van der Waals surface area contributed by atoms with E-state index in [2.05, 4.69) is 54.6 Å². The summed E-state index contributed by atoms with van der Waals surface area (Å²) in [6.45, 7) is 18.0. The second-order valence-corrected chi connectivity index (χ2v) is 13.5. The average molecular weight is 285 g/mol. The van der Waals surface area contributed by atoms with E-state index in [1.165, 1.54) is 0 Å². The molecule has 0 amide bonds. The van der Waals surface area contributed by atoms with Gasteiger partial charge < -0.3 is 4.43 Å². The minimum absolute atomic E-state index is 0.145. The van der Waals surface area contributed by atoms with Crippen molar-refractivity contribution in [3.8, 4) is 0 Å². The van der Waals surface area contributed by atoms with E-state index in [1.54, 1.807) is 0 Å². The Kier molecular flexibility index (Phi) is 4.73. The van der Waals surface area contributed by atoms with Gasteiger partial charge in [0.1, 0.15) is 5.78 Å². The highest BCUT2D eigenvalue weighted by Gasteiger charge is 2.42. The Balaban J connectivity index is 2.77. The molecule has 1 rings (SSSR count). The lowest BCUT2D eigenvalue weighted by Gasteiger charge is -2.43. The molecule has 0 bridgehead atoms. The van der Waals surface area contributed by atoms with Gasteiger partial charge in [-0.05, 0) is 35.9 Å². The van der Waals surface area contributed by atoms with E-state index in [0.717, 1.165) is 12.8 Å².